The van der Waals surface area contributed by atoms with E-state index in [0.717, 1.165) is 0 Å². The summed E-state index contributed by atoms with van der Waals surface area (Å²) in [6.45, 7) is -7.65. The van der Waals surface area contributed by atoms with E-state index in [-0.39, 0.29) is 17.7 Å². The molecule has 3 nitrogen and oxygen atoms in total. The van der Waals surface area contributed by atoms with Crippen molar-refractivity contribution in [2.45, 2.75) is 43.6 Å². The van der Waals surface area contributed by atoms with Gasteiger partial charge in [0.2, 0.25) is 0 Å². The molecule has 0 amide bonds. The molecule has 1 aromatic rings. The summed E-state index contributed by atoms with van der Waals surface area (Å²) in [6, 6.07) is -3.74. The number of hydrogen-bond donors (Lipinski definition) is 1. The zero-order chi connectivity index (χ0) is 26.5. The van der Waals surface area contributed by atoms with Crippen LogP contribution in [0.4, 0.5) is 0 Å². The lowest BCUT2D eigenvalue weighted by Gasteiger charge is -2.40. The first-order valence-corrected chi connectivity index (χ1v) is 6.46. The van der Waals surface area contributed by atoms with Crippen molar-refractivity contribution in [3.63, 3.8) is 0 Å². The van der Waals surface area contributed by atoms with Crippen molar-refractivity contribution < 1.29 is 29.0 Å². The Morgan fingerprint density at radius 3 is 2.65 bits per heavy atom. The van der Waals surface area contributed by atoms with E-state index in [1.54, 1.807) is 0 Å². The Kier molecular flexibility index (Phi) is 1.74. The Labute approximate surface area is 142 Å². The first kappa shape index (κ1) is 5.29. The Morgan fingerprint density at radius 2 is 2.05 bits per heavy atom. The van der Waals surface area contributed by atoms with Crippen LogP contribution in [0.1, 0.15) is 62.8 Å². The van der Waals surface area contributed by atoms with Gasteiger partial charge in [0.15, 0.2) is 0 Å². The molecule has 0 spiro atoms. The molecular weight excluding hydrogens is 250 g/mol. The van der Waals surface area contributed by atoms with Crippen LogP contribution in [-0.2, 0) is 0 Å². The third-order valence-corrected chi connectivity index (χ3v) is 3.56. The van der Waals surface area contributed by atoms with E-state index in [1.807, 2.05) is 0 Å². The molecule has 1 N–H and O–H groups in total. The highest BCUT2D eigenvalue weighted by Crippen LogP contribution is 2.40. The predicted molar refractivity (Wildman–Crippen MR) is 82.3 cm³/mol. The van der Waals surface area contributed by atoms with Crippen molar-refractivity contribution in [1.82, 2.24) is 4.90 Å². The van der Waals surface area contributed by atoms with Crippen LogP contribution in [0.5, 0.6) is 5.75 Å². The van der Waals surface area contributed by atoms with E-state index in [0.29, 0.717) is 19.3 Å². The monoisotopic (exact) mass is 291 g/mol. The Bertz CT molecular complexity index is 860. The molecule has 20 heavy (non-hydrogen) atoms. The maximum atomic E-state index is 11.5. The number of methoxy groups -OCH3 is 1. The van der Waals surface area contributed by atoms with Crippen LogP contribution >= 0.6 is 0 Å². The van der Waals surface area contributed by atoms with Gasteiger partial charge in [-0.2, -0.15) is 0 Å². The molecule has 1 aromatic carbocycles. The lowest BCUT2D eigenvalue weighted by molar-refractivity contribution is -0.0277. The van der Waals surface area contributed by atoms with Crippen LogP contribution in [-0.4, -0.2) is 43.1 Å². The molecule has 0 aliphatic heterocycles. The van der Waals surface area contributed by atoms with Crippen molar-refractivity contribution in [3.8, 4) is 5.75 Å². The largest absolute Gasteiger partial charge is 0.497 e. The summed E-state index contributed by atoms with van der Waals surface area (Å²) in [5.74, 6) is -3.53. The summed E-state index contributed by atoms with van der Waals surface area (Å²) in [6.07, 6.45) is 1.35. The average Bonchev–Trinajstić information content (AvgIpc) is 2.66. The first-order chi connectivity index (χ1) is 15.2. The molecule has 1 fully saturated rings. The summed E-state index contributed by atoms with van der Waals surface area (Å²) in [7, 11) is -3.11. The van der Waals surface area contributed by atoms with Crippen molar-refractivity contribution in [3.05, 3.63) is 29.7 Å². The van der Waals surface area contributed by atoms with Crippen LogP contribution in [0.25, 0.3) is 0 Å². The van der Waals surface area contributed by atoms with E-state index in [1.165, 1.54) is 0 Å². The van der Waals surface area contributed by atoms with E-state index < -0.39 is 74.5 Å². The van der Waals surface area contributed by atoms with Crippen molar-refractivity contribution in [2.75, 3.05) is 27.5 Å². The summed E-state index contributed by atoms with van der Waals surface area (Å²) < 4.78 is 115. The summed E-state index contributed by atoms with van der Waals surface area (Å²) in [5, 5.41) is 11.5. The molecule has 2 rings (SSSR count). The Balaban J connectivity index is 2.86. The molecule has 0 radical (unpaired) electrons. The van der Waals surface area contributed by atoms with Crippen LogP contribution in [0.2, 0.25) is 0 Å². The fourth-order valence-electron chi connectivity index (χ4n) is 2.56. The minimum atomic E-state index is -3.25. The minimum absolute atomic E-state index is 0.0402. The number of ether oxygens (including phenoxy) is 1. The number of benzene rings is 1. The van der Waals surface area contributed by atoms with E-state index in [9.17, 15) is 6.48 Å². The van der Waals surface area contributed by atoms with E-state index in [4.69, 9.17) is 17.8 Å². The first-order valence-electron chi connectivity index (χ1n) is 13.5. The van der Waals surface area contributed by atoms with Gasteiger partial charge in [0.1, 0.15) is 5.75 Å². The van der Waals surface area contributed by atoms with Gasteiger partial charge in [-0.25, -0.2) is 0 Å². The van der Waals surface area contributed by atoms with Gasteiger partial charge < -0.3 is 14.7 Å². The highest BCUT2D eigenvalue weighted by molar-refractivity contribution is 5.31. The van der Waals surface area contributed by atoms with Gasteiger partial charge in [-0.05, 0) is 44.4 Å². The summed E-state index contributed by atoms with van der Waals surface area (Å²) in [4.78, 5) is 0.0402. The molecule has 0 saturated heterocycles. The Hall–Kier alpha value is -1.06. The number of likely N-dealkylation sites (N-methyl/N-ethyl adjacent to an activating group) is 1. The molecule has 1 atom stereocenters. The lowest BCUT2D eigenvalue weighted by Crippen LogP contribution is -2.42. The molecule has 1 saturated carbocycles. The molecule has 1 aliphatic rings. The summed E-state index contributed by atoms with van der Waals surface area (Å²) in [5.41, 5.74) is -2.82. The Morgan fingerprint density at radius 1 is 1.35 bits per heavy atom. The molecule has 1 unspecified atom stereocenters. The fourth-order valence-corrected chi connectivity index (χ4v) is 2.56. The SMILES string of the molecule is [2H]c1c([2H])c(C([2H])(CN(C([2H])([2H])[2H])C([2H])([2H])[2H])C2(O)CCCCC2)c([2H])c([2H])c1OC([2H])([2H])[2H]. The number of aliphatic hydroxyl groups is 1. The van der Waals surface area contributed by atoms with Crippen molar-refractivity contribution in [1.29, 1.82) is 0 Å². The molecule has 1 aliphatic carbocycles. The van der Waals surface area contributed by atoms with E-state index >= 15 is 0 Å². The molecule has 112 valence electrons. The second-order valence-electron chi connectivity index (χ2n) is 4.96. The zero-order valence-corrected chi connectivity index (χ0v) is 11.0. The van der Waals surface area contributed by atoms with Gasteiger partial charge in [-0.15, -0.1) is 0 Å². The van der Waals surface area contributed by atoms with E-state index in [2.05, 4.69) is 4.74 Å². The van der Waals surface area contributed by atoms with Gasteiger partial charge >= 0.3 is 0 Å². The van der Waals surface area contributed by atoms with Gasteiger partial charge in [0, 0.05) is 22.0 Å². The van der Waals surface area contributed by atoms with Crippen molar-refractivity contribution in [2.24, 2.45) is 0 Å². The maximum Gasteiger partial charge on any atom is 0.118 e. The number of rotatable bonds is 5. The second kappa shape index (κ2) is 6.59. The van der Waals surface area contributed by atoms with Crippen LogP contribution < -0.4 is 4.74 Å². The zero-order valence-electron chi connectivity index (χ0n) is 25.0. The second-order valence-corrected chi connectivity index (χ2v) is 4.96. The van der Waals surface area contributed by atoms with Gasteiger partial charge in [0.05, 0.1) is 22.2 Å². The summed E-state index contributed by atoms with van der Waals surface area (Å²) >= 11 is 0. The standard InChI is InChI=1S/C17H27NO2/c1-18(2)13-16(17(19)11-5-4-6-12-17)14-7-9-15(20-3)10-8-14/h7-10,16,19H,4-6,11-13H2,1-3H3/i1D3,2D3,3D3,7D,8D,9D,10D,16D. The van der Waals surface area contributed by atoms with Gasteiger partial charge in [-0.3, -0.25) is 0 Å². The molecule has 3 heteroatoms. The predicted octanol–water partition coefficient (Wildman–Crippen LogP) is 3.04. The van der Waals surface area contributed by atoms with Crippen LogP contribution in [0.3, 0.4) is 0 Å². The third kappa shape index (κ3) is 3.53. The molecule has 0 bridgehead atoms. The quantitative estimate of drug-likeness (QED) is 0.905. The topological polar surface area (TPSA) is 32.7 Å². The van der Waals surface area contributed by atoms with Gasteiger partial charge in [0.25, 0.3) is 0 Å². The van der Waals surface area contributed by atoms with Crippen LogP contribution in [0.15, 0.2) is 24.2 Å². The number of hydrogen-bond acceptors (Lipinski definition) is 3. The average molecular weight is 291 g/mol. The normalized spacial score (nSPS) is 33.5. The maximum absolute atomic E-state index is 11.5. The highest BCUT2D eigenvalue weighted by Gasteiger charge is 2.38. The third-order valence-electron chi connectivity index (χ3n) is 3.56. The lowest BCUT2D eigenvalue weighted by atomic mass is 9.72. The smallest absolute Gasteiger partial charge is 0.118 e. The highest BCUT2D eigenvalue weighted by atomic mass is 16.5. The number of nitrogens with zero attached hydrogens (tertiary/aromatic N) is 1. The minimum Gasteiger partial charge on any atom is -0.497 e. The molecule has 0 heterocycles. The van der Waals surface area contributed by atoms with Crippen LogP contribution in [0, 0.1) is 0 Å². The molecular formula is C17H27NO2. The van der Waals surface area contributed by atoms with Gasteiger partial charge in [-0.1, -0.05) is 31.3 Å². The fraction of sp³-hybridized carbons (Fsp3) is 0.647. The van der Waals surface area contributed by atoms with Crippen molar-refractivity contribution >= 4 is 0 Å². The molecule has 0 aromatic heterocycles.